The molecule has 0 spiro atoms. The molecule has 0 aromatic heterocycles. The summed E-state index contributed by atoms with van der Waals surface area (Å²) in [6.07, 6.45) is -7.02. The Morgan fingerprint density at radius 2 is 1.91 bits per heavy atom. The molecular weight excluding hydrogens is 294 g/mol. The summed E-state index contributed by atoms with van der Waals surface area (Å²) in [6.45, 7) is -0.578. The zero-order valence-corrected chi connectivity index (χ0v) is 11.5. The predicted molar refractivity (Wildman–Crippen MR) is 71.8 cm³/mol. The van der Waals surface area contributed by atoms with Gasteiger partial charge in [0.05, 0.1) is 19.1 Å². The number of hydrogen-bond acceptors (Lipinski definition) is 8. The van der Waals surface area contributed by atoms with Crippen LogP contribution in [0.25, 0.3) is 0 Å². The van der Waals surface area contributed by atoms with Gasteiger partial charge in [-0.15, -0.1) is 0 Å². The first-order valence-electron chi connectivity index (χ1n) is 6.64. The lowest BCUT2D eigenvalue weighted by atomic mass is 9.99. The van der Waals surface area contributed by atoms with Crippen LogP contribution in [0.5, 0.6) is 11.5 Å². The first kappa shape index (κ1) is 16.5. The second kappa shape index (κ2) is 6.91. The molecule has 8 nitrogen and oxygen atoms in total. The molecule has 5 unspecified atom stereocenters. The number of benzene rings is 1. The van der Waals surface area contributed by atoms with E-state index in [1.165, 1.54) is 12.1 Å². The number of aliphatic hydroxyl groups excluding tert-OH is 4. The molecule has 0 radical (unpaired) electrons. The fraction of sp³-hybridized carbons (Fsp3) is 0.500. The maximum Gasteiger partial charge on any atom is 0.229 e. The topological polar surface area (TPSA) is 143 Å². The highest BCUT2D eigenvalue weighted by molar-refractivity contribution is 5.42. The van der Waals surface area contributed by atoms with Crippen molar-refractivity contribution in [3.8, 4) is 17.6 Å². The van der Waals surface area contributed by atoms with Gasteiger partial charge in [-0.2, -0.15) is 5.26 Å². The Morgan fingerprint density at radius 1 is 1.18 bits per heavy atom. The van der Waals surface area contributed by atoms with Crippen LogP contribution in [0.4, 0.5) is 0 Å². The largest absolute Gasteiger partial charge is 0.504 e. The summed E-state index contributed by atoms with van der Waals surface area (Å²) in [5.41, 5.74) is 0.583. The van der Waals surface area contributed by atoms with Gasteiger partial charge in [0.2, 0.25) is 6.29 Å². The number of phenolic OH excluding ortho intramolecular Hbond substituents is 1. The summed E-state index contributed by atoms with van der Waals surface area (Å²) in [4.78, 5) is 0. The molecule has 0 saturated carbocycles. The minimum Gasteiger partial charge on any atom is -0.504 e. The highest BCUT2D eigenvalue weighted by atomic mass is 16.7. The van der Waals surface area contributed by atoms with Crippen LogP contribution in [0, 0.1) is 11.3 Å². The van der Waals surface area contributed by atoms with E-state index in [-0.39, 0.29) is 17.9 Å². The average molecular weight is 311 g/mol. The van der Waals surface area contributed by atoms with Crippen molar-refractivity contribution in [2.75, 3.05) is 6.61 Å². The van der Waals surface area contributed by atoms with Crippen molar-refractivity contribution >= 4 is 0 Å². The molecule has 1 aromatic rings. The first-order valence-corrected chi connectivity index (χ1v) is 6.64. The fourth-order valence-corrected chi connectivity index (χ4v) is 2.14. The van der Waals surface area contributed by atoms with E-state index in [1.807, 2.05) is 6.07 Å². The molecule has 1 fully saturated rings. The van der Waals surface area contributed by atoms with Gasteiger partial charge in [0.1, 0.15) is 24.4 Å². The molecule has 0 aliphatic carbocycles. The quantitative estimate of drug-likeness (QED) is 0.458. The Balaban J connectivity index is 2.18. The number of aromatic hydroxyl groups is 1. The second-order valence-corrected chi connectivity index (χ2v) is 4.95. The Labute approximate surface area is 126 Å². The van der Waals surface area contributed by atoms with Crippen LogP contribution < -0.4 is 4.74 Å². The molecular formula is C14H17NO7. The van der Waals surface area contributed by atoms with Crippen molar-refractivity contribution in [3.05, 3.63) is 23.8 Å². The SMILES string of the molecule is N#CCc1ccc(O)c(OC2OC(CO)C(O)C(O)C2O)c1. The molecule has 2 rings (SSSR count). The number of phenols is 1. The molecule has 1 heterocycles. The lowest BCUT2D eigenvalue weighted by molar-refractivity contribution is -0.277. The van der Waals surface area contributed by atoms with Crippen LogP contribution in [-0.4, -0.2) is 62.8 Å². The summed E-state index contributed by atoms with van der Waals surface area (Å²) >= 11 is 0. The van der Waals surface area contributed by atoms with Crippen molar-refractivity contribution in [2.24, 2.45) is 0 Å². The zero-order chi connectivity index (χ0) is 16.3. The summed E-state index contributed by atoms with van der Waals surface area (Å²) in [5.74, 6) is -0.282. The molecule has 0 bridgehead atoms. The Hall–Kier alpha value is -1.89. The van der Waals surface area contributed by atoms with E-state index < -0.39 is 37.3 Å². The summed E-state index contributed by atoms with van der Waals surface area (Å²) < 4.78 is 10.5. The second-order valence-electron chi connectivity index (χ2n) is 4.95. The van der Waals surface area contributed by atoms with Gasteiger partial charge in [-0.25, -0.2) is 0 Å². The van der Waals surface area contributed by atoms with Crippen LogP contribution in [0.1, 0.15) is 5.56 Å². The number of aliphatic hydroxyl groups is 4. The number of nitrogens with zero attached hydrogens (tertiary/aromatic N) is 1. The van der Waals surface area contributed by atoms with Gasteiger partial charge < -0.3 is 35.0 Å². The van der Waals surface area contributed by atoms with Crippen molar-refractivity contribution in [1.82, 2.24) is 0 Å². The van der Waals surface area contributed by atoms with E-state index >= 15 is 0 Å². The monoisotopic (exact) mass is 311 g/mol. The van der Waals surface area contributed by atoms with E-state index in [0.29, 0.717) is 5.56 Å². The highest BCUT2D eigenvalue weighted by Crippen LogP contribution is 2.31. The molecule has 1 saturated heterocycles. The van der Waals surface area contributed by atoms with Gasteiger partial charge in [0.15, 0.2) is 11.5 Å². The third kappa shape index (κ3) is 3.30. The minimum absolute atomic E-state index is 0.0444. The number of hydrogen-bond donors (Lipinski definition) is 5. The number of rotatable bonds is 4. The third-order valence-corrected chi connectivity index (χ3v) is 3.40. The summed E-state index contributed by atoms with van der Waals surface area (Å²) in [7, 11) is 0. The standard InChI is InChI=1S/C14H17NO7/c15-4-3-7-1-2-8(17)9(5-7)21-14-13(20)12(19)11(18)10(6-16)22-14/h1-2,5,10-14,16-20H,3,6H2. The average Bonchev–Trinajstić information content (AvgIpc) is 2.51. The van der Waals surface area contributed by atoms with Gasteiger partial charge in [-0.05, 0) is 17.7 Å². The van der Waals surface area contributed by atoms with Crippen LogP contribution in [0.2, 0.25) is 0 Å². The van der Waals surface area contributed by atoms with Gasteiger partial charge >= 0.3 is 0 Å². The van der Waals surface area contributed by atoms with E-state index in [0.717, 1.165) is 0 Å². The third-order valence-electron chi connectivity index (χ3n) is 3.40. The maximum absolute atomic E-state index is 9.87. The maximum atomic E-state index is 9.87. The lowest BCUT2D eigenvalue weighted by Crippen LogP contribution is -2.60. The zero-order valence-electron chi connectivity index (χ0n) is 11.5. The van der Waals surface area contributed by atoms with Crippen molar-refractivity contribution in [3.63, 3.8) is 0 Å². The van der Waals surface area contributed by atoms with Crippen molar-refractivity contribution in [1.29, 1.82) is 5.26 Å². The normalized spacial score (nSPS) is 31.5. The molecule has 8 heteroatoms. The molecule has 22 heavy (non-hydrogen) atoms. The smallest absolute Gasteiger partial charge is 0.229 e. The number of nitriles is 1. The Bertz CT molecular complexity index is 557. The molecule has 1 aromatic carbocycles. The minimum atomic E-state index is -1.57. The molecule has 120 valence electrons. The molecule has 1 aliphatic heterocycles. The summed E-state index contributed by atoms with van der Waals surface area (Å²) in [6, 6.07) is 6.22. The van der Waals surface area contributed by atoms with Crippen molar-refractivity contribution in [2.45, 2.75) is 37.1 Å². The highest BCUT2D eigenvalue weighted by Gasteiger charge is 2.44. The predicted octanol–water partition coefficient (Wildman–Crippen LogP) is -1.36. The van der Waals surface area contributed by atoms with E-state index in [4.69, 9.17) is 19.8 Å². The number of ether oxygens (including phenoxy) is 2. The fourth-order valence-electron chi connectivity index (χ4n) is 2.14. The van der Waals surface area contributed by atoms with Gasteiger partial charge in [0, 0.05) is 0 Å². The van der Waals surface area contributed by atoms with Gasteiger partial charge in [0.25, 0.3) is 0 Å². The van der Waals surface area contributed by atoms with E-state index in [9.17, 15) is 20.4 Å². The van der Waals surface area contributed by atoms with E-state index in [2.05, 4.69) is 0 Å². The van der Waals surface area contributed by atoms with Gasteiger partial charge in [-0.1, -0.05) is 6.07 Å². The molecule has 0 amide bonds. The van der Waals surface area contributed by atoms with Crippen LogP contribution >= 0.6 is 0 Å². The Morgan fingerprint density at radius 3 is 2.55 bits per heavy atom. The van der Waals surface area contributed by atoms with Crippen molar-refractivity contribution < 1.29 is 35.0 Å². The molecule has 5 atom stereocenters. The molecule has 5 N–H and O–H groups in total. The first-order chi connectivity index (χ1) is 10.5. The van der Waals surface area contributed by atoms with Crippen LogP contribution in [0.3, 0.4) is 0 Å². The molecule has 1 aliphatic rings. The Kier molecular flexibility index (Phi) is 5.18. The lowest BCUT2D eigenvalue weighted by Gasteiger charge is -2.39. The van der Waals surface area contributed by atoms with Crippen LogP contribution in [-0.2, 0) is 11.2 Å². The van der Waals surface area contributed by atoms with E-state index in [1.54, 1.807) is 6.07 Å². The van der Waals surface area contributed by atoms with Gasteiger partial charge in [-0.3, -0.25) is 0 Å². The summed E-state index contributed by atoms with van der Waals surface area (Å²) in [5, 5.41) is 56.7. The van der Waals surface area contributed by atoms with Crippen LogP contribution in [0.15, 0.2) is 18.2 Å².